The average molecular weight is 836 g/mol. The van der Waals surface area contributed by atoms with Crippen LogP contribution in [0, 0.1) is 17.8 Å². The van der Waals surface area contributed by atoms with Crippen molar-refractivity contribution in [2.45, 2.75) is 127 Å². The number of alkyl halides is 3. The van der Waals surface area contributed by atoms with Gasteiger partial charge in [-0.15, -0.1) is 0 Å². The molecule has 0 radical (unpaired) electrons. The molecule has 1 aromatic carbocycles. The summed E-state index contributed by atoms with van der Waals surface area (Å²) in [5.74, 6) is -3.78. The first-order valence-electron chi connectivity index (χ1n) is 19.8. The van der Waals surface area contributed by atoms with Gasteiger partial charge in [0.2, 0.25) is 27.7 Å². The molecule has 1 saturated heterocycles. The third kappa shape index (κ3) is 8.71. The number of nitrogens with one attached hydrogen (secondary N) is 2. The number of allylic oxidation sites excluding steroid dienone is 1. The number of hydrogen-bond acceptors (Lipinski definition) is 9. The summed E-state index contributed by atoms with van der Waals surface area (Å²) in [6.45, 7) is 6.91. The van der Waals surface area contributed by atoms with Gasteiger partial charge in [0, 0.05) is 23.9 Å². The average Bonchev–Trinajstić information content (AvgIpc) is 4.07. The SMILES string of the molecule is CCCOc1ccc2c(O[C@@H]3C[C@H]4C(=O)N[C@]5(C(=O)NS(=O)(=O)C6CC6)C[C@H]5C=CCC[C@@H](C)C[C@@H](C)[C@H](N(C(=O)O)C(C)(C)C(F)(F)F)C(=O)N4C3)nccc2c1. The lowest BCUT2D eigenvalue weighted by atomic mass is 9.85. The van der Waals surface area contributed by atoms with Crippen LogP contribution in [0.3, 0.4) is 0 Å². The third-order valence-corrected chi connectivity index (χ3v) is 13.6. The number of carbonyl (C=O) groups excluding carboxylic acids is 3. The number of nitrogens with zero attached hydrogens (tertiary/aromatic N) is 3. The highest BCUT2D eigenvalue weighted by Gasteiger charge is 2.63. The maximum Gasteiger partial charge on any atom is 0.411 e. The van der Waals surface area contributed by atoms with Crippen molar-refractivity contribution >= 4 is 44.6 Å². The molecule has 4 amide bonds. The molecule has 7 atom stereocenters. The van der Waals surface area contributed by atoms with E-state index in [4.69, 9.17) is 9.47 Å². The maximum atomic E-state index is 15.0. The van der Waals surface area contributed by atoms with Crippen LogP contribution in [0.2, 0.25) is 0 Å². The number of carbonyl (C=O) groups is 4. The van der Waals surface area contributed by atoms with E-state index in [2.05, 4.69) is 15.0 Å². The van der Waals surface area contributed by atoms with Crippen LogP contribution in [0.25, 0.3) is 10.8 Å². The molecule has 2 aromatic rings. The Labute approximate surface area is 335 Å². The molecule has 3 N–H and O–H groups in total. The van der Waals surface area contributed by atoms with Crippen LogP contribution >= 0.6 is 0 Å². The molecule has 18 heteroatoms. The van der Waals surface area contributed by atoms with Gasteiger partial charge in [0.15, 0.2) is 0 Å². The minimum absolute atomic E-state index is 0.0630. The molecule has 58 heavy (non-hydrogen) atoms. The maximum absolute atomic E-state index is 15.0. The second-order valence-electron chi connectivity index (χ2n) is 16.8. The fourth-order valence-electron chi connectivity index (χ4n) is 8.17. The van der Waals surface area contributed by atoms with Gasteiger partial charge < -0.3 is 24.8 Å². The highest BCUT2D eigenvalue weighted by Crippen LogP contribution is 2.47. The lowest BCUT2D eigenvalue weighted by Gasteiger charge is -2.45. The molecule has 4 aliphatic rings. The summed E-state index contributed by atoms with van der Waals surface area (Å²) in [4.78, 5) is 61.8. The zero-order valence-electron chi connectivity index (χ0n) is 33.3. The van der Waals surface area contributed by atoms with Crippen LogP contribution in [0.5, 0.6) is 11.6 Å². The van der Waals surface area contributed by atoms with E-state index in [9.17, 15) is 45.9 Å². The van der Waals surface area contributed by atoms with Crippen LogP contribution in [0.4, 0.5) is 18.0 Å². The Morgan fingerprint density at radius 1 is 1.12 bits per heavy atom. The van der Waals surface area contributed by atoms with Gasteiger partial charge in [-0.1, -0.05) is 32.9 Å². The fraction of sp³-hybridized carbons (Fsp3) is 0.625. The summed E-state index contributed by atoms with van der Waals surface area (Å²) in [7, 11) is -4.02. The minimum atomic E-state index is -5.09. The van der Waals surface area contributed by atoms with Gasteiger partial charge in [-0.05, 0) is 100 Å². The Morgan fingerprint density at radius 2 is 1.84 bits per heavy atom. The molecule has 0 spiro atoms. The van der Waals surface area contributed by atoms with Crippen LogP contribution < -0.4 is 19.5 Å². The number of hydrogen-bond donors (Lipinski definition) is 3. The molecular weight excluding hydrogens is 784 g/mol. The topological polar surface area (TPSA) is 185 Å². The summed E-state index contributed by atoms with van der Waals surface area (Å²) >= 11 is 0. The van der Waals surface area contributed by atoms with Gasteiger partial charge in [-0.25, -0.2) is 18.2 Å². The zero-order chi connectivity index (χ0) is 42.4. The highest BCUT2D eigenvalue weighted by atomic mass is 32.2. The number of halogens is 3. The molecule has 6 rings (SSSR count). The number of fused-ring (bicyclic) bond motifs is 3. The monoisotopic (exact) mass is 835 g/mol. The van der Waals surface area contributed by atoms with Crippen molar-refractivity contribution in [1.82, 2.24) is 24.8 Å². The second-order valence-corrected chi connectivity index (χ2v) is 18.7. The molecule has 3 fully saturated rings. The van der Waals surface area contributed by atoms with Gasteiger partial charge in [-0.3, -0.25) is 24.0 Å². The second kappa shape index (κ2) is 16.2. The predicted octanol–water partition coefficient (Wildman–Crippen LogP) is 5.56. The summed E-state index contributed by atoms with van der Waals surface area (Å²) < 4.78 is 84.1. The zero-order valence-corrected chi connectivity index (χ0v) is 34.1. The van der Waals surface area contributed by atoms with Crippen LogP contribution in [-0.4, -0.2) is 106 Å². The van der Waals surface area contributed by atoms with Crippen molar-refractivity contribution in [2.24, 2.45) is 17.8 Å². The standard InChI is InChI=1S/C40H52F3N5O9S/c1-6-17-56-27-11-14-30-25(19-27)15-16-44-34(30)57-28-20-31-33(49)45-39(36(51)46-58(54,55)29-12-13-29)21-26(39)10-8-7-9-23(2)18-24(3)32(35(50)47(31)22-28)48(37(52)53)38(4,5)40(41,42)43/h8,10-11,14-16,19,23-24,26,28-29,31-32H,6-7,9,12-13,17-18,20-22H2,1-5H3,(H,45,49)(H,46,51)(H,52,53)/t23-,24-,26-,28-,31+,32+,39-/m1/s1. The number of aromatic nitrogens is 1. The van der Waals surface area contributed by atoms with Gasteiger partial charge in [0.1, 0.15) is 35.0 Å². The van der Waals surface area contributed by atoms with E-state index in [1.54, 1.807) is 30.3 Å². The normalized spacial score (nSPS) is 28.4. The largest absolute Gasteiger partial charge is 0.494 e. The molecule has 2 aliphatic heterocycles. The fourth-order valence-corrected chi connectivity index (χ4v) is 9.54. The molecule has 318 valence electrons. The van der Waals surface area contributed by atoms with E-state index in [0.29, 0.717) is 57.3 Å². The van der Waals surface area contributed by atoms with E-state index >= 15 is 0 Å². The molecular formula is C40H52F3N5O9S. The van der Waals surface area contributed by atoms with E-state index in [0.717, 1.165) is 16.7 Å². The van der Waals surface area contributed by atoms with Crippen molar-refractivity contribution in [3.05, 3.63) is 42.6 Å². The lowest BCUT2D eigenvalue weighted by Crippen LogP contribution is -2.66. The van der Waals surface area contributed by atoms with Gasteiger partial charge in [0.05, 0.1) is 18.4 Å². The number of carboxylic acid groups (broad SMARTS) is 1. The van der Waals surface area contributed by atoms with Crippen molar-refractivity contribution in [2.75, 3.05) is 13.2 Å². The molecule has 0 unspecified atom stereocenters. The number of rotatable bonds is 10. The molecule has 3 heterocycles. The molecule has 2 aliphatic carbocycles. The van der Waals surface area contributed by atoms with Crippen LogP contribution in [-0.2, 0) is 24.4 Å². The van der Waals surface area contributed by atoms with Crippen LogP contribution in [0.1, 0.15) is 86.0 Å². The Bertz CT molecular complexity index is 2060. The summed E-state index contributed by atoms with van der Waals surface area (Å²) in [6, 6.07) is 3.69. The van der Waals surface area contributed by atoms with Gasteiger partial charge in [0.25, 0.3) is 5.91 Å². The molecule has 2 saturated carbocycles. The Balaban J connectivity index is 1.40. The Morgan fingerprint density at radius 3 is 2.50 bits per heavy atom. The minimum Gasteiger partial charge on any atom is -0.494 e. The smallest absolute Gasteiger partial charge is 0.411 e. The highest BCUT2D eigenvalue weighted by molar-refractivity contribution is 7.91. The summed E-state index contributed by atoms with van der Waals surface area (Å²) in [5.41, 5.74) is -4.72. The Hall–Kier alpha value is -4.61. The summed E-state index contributed by atoms with van der Waals surface area (Å²) in [6.07, 6.45) is -0.375. The quantitative estimate of drug-likeness (QED) is 0.256. The number of sulfonamides is 1. The van der Waals surface area contributed by atoms with E-state index < -0.39 is 86.4 Å². The number of ether oxygens (including phenoxy) is 2. The number of benzene rings is 1. The molecule has 0 bridgehead atoms. The van der Waals surface area contributed by atoms with Gasteiger partial charge in [-0.2, -0.15) is 13.2 Å². The first kappa shape index (κ1) is 43.0. The van der Waals surface area contributed by atoms with Crippen LogP contribution in [0.15, 0.2) is 42.6 Å². The van der Waals surface area contributed by atoms with E-state index in [1.807, 2.05) is 19.9 Å². The van der Waals surface area contributed by atoms with Crippen molar-refractivity contribution in [1.29, 1.82) is 0 Å². The Kier molecular flexibility index (Phi) is 12.0. The first-order valence-corrected chi connectivity index (χ1v) is 21.4. The summed E-state index contributed by atoms with van der Waals surface area (Å²) in [5, 5.41) is 13.8. The first-order chi connectivity index (χ1) is 27.2. The molecule has 1 aromatic heterocycles. The van der Waals surface area contributed by atoms with Crippen molar-refractivity contribution < 1.29 is 55.3 Å². The number of amides is 4. The van der Waals surface area contributed by atoms with E-state index in [1.165, 1.54) is 13.1 Å². The van der Waals surface area contributed by atoms with E-state index in [-0.39, 0.29) is 42.5 Å². The van der Waals surface area contributed by atoms with Gasteiger partial charge >= 0.3 is 12.3 Å². The van der Waals surface area contributed by atoms with Crippen molar-refractivity contribution in [3.63, 3.8) is 0 Å². The predicted molar refractivity (Wildman–Crippen MR) is 206 cm³/mol. The lowest BCUT2D eigenvalue weighted by molar-refractivity contribution is -0.222. The number of pyridine rings is 1. The third-order valence-electron chi connectivity index (χ3n) is 11.8. The van der Waals surface area contributed by atoms with Crippen molar-refractivity contribution in [3.8, 4) is 11.6 Å². The molecule has 14 nitrogen and oxygen atoms in total.